The molecule has 0 bridgehead atoms. The van der Waals surface area contributed by atoms with Crippen LogP contribution in [0.2, 0.25) is 18.5 Å². The molecule has 2 atom stereocenters. The Kier molecular flexibility index (Phi) is 8.19. The van der Waals surface area contributed by atoms with E-state index in [1.54, 1.807) is 0 Å². The molecule has 1 N–H and O–H groups in total. The third kappa shape index (κ3) is 6.31. The lowest BCUT2D eigenvalue weighted by Gasteiger charge is -2.38. The summed E-state index contributed by atoms with van der Waals surface area (Å²) in [5.74, 6) is 0.375. The highest BCUT2D eigenvalue weighted by Gasteiger charge is 2.51. The van der Waals surface area contributed by atoms with Crippen LogP contribution in [0, 0.1) is 22.2 Å². The molecule has 1 fully saturated rings. The molecule has 0 amide bonds. The summed E-state index contributed by atoms with van der Waals surface area (Å²) in [5.41, 5.74) is 3.22. The van der Waals surface area contributed by atoms with Crippen molar-refractivity contribution in [3.63, 3.8) is 0 Å². The van der Waals surface area contributed by atoms with Crippen LogP contribution < -0.4 is 4.90 Å². The van der Waals surface area contributed by atoms with Crippen molar-refractivity contribution in [2.75, 3.05) is 4.90 Å². The molecule has 3 aliphatic rings. The molecule has 1 heterocycles. The Labute approximate surface area is 237 Å². The molecule has 2 unspecified atom stereocenters. The van der Waals surface area contributed by atoms with E-state index in [9.17, 15) is 10.4 Å². The summed E-state index contributed by atoms with van der Waals surface area (Å²) in [5, 5.41) is 19.9. The van der Waals surface area contributed by atoms with E-state index in [4.69, 9.17) is 4.65 Å². The molecule has 1 aliphatic heterocycles. The molecule has 0 aromatic heterocycles. The Morgan fingerprint density at radius 3 is 2.23 bits per heavy atom. The Hall–Kier alpha value is -2.48. The molecule has 6 heteroatoms. The molecular weight excluding hydrogens is 478 g/mol. The number of nitriles is 1. The van der Waals surface area contributed by atoms with E-state index in [2.05, 4.69) is 108 Å². The number of anilines is 1. The smallest absolute Gasteiger partial charge is 0.301 e. The highest BCUT2D eigenvalue weighted by atomic mass is 16.5. The van der Waals surface area contributed by atoms with Crippen LogP contribution in [0.3, 0.4) is 0 Å². The molecule has 39 heavy (non-hydrogen) atoms. The first-order valence-corrected chi connectivity index (χ1v) is 14.4. The van der Waals surface area contributed by atoms with Gasteiger partial charge in [-0.3, -0.25) is 0 Å². The Morgan fingerprint density at radius 2 is 1.74 bits per heavy atom. The summed E-state index contributed by atoms with van der Waals surface area (Å²) in [6.07, 6.45) is 17.5. The fourth-order valence-corrected chi connectivity index (χ4v) is 5.47. The van der Waals surface area contributed by atoms with Crippen molar-refractivity contribution in [1.82, 2.24) is 0 Å². The molecule has 1 aromatic rings. The summed E-state index contributed by atoms with van der Waals surface area (Å²) >= 11 is 0. The Bertz CT molecular complexity index is 1190. The minimum atomic E-state index is -0.746. The molecule has 4 nitrogen and oxygen atoms in total. The van der Waals surface area contributed by atoms with E-state index in [1.807, 2.05) is 26.0 Å². The van der Waals surface area contributed by atoms with Crippen molar-refractivity contribution in [3.05, 3.63) is 77.5 Å². The van der Waals surface area contributed by atoms with Gasteiger partial charge >= 0.3 is 6.92 Å². The van der Waals surface area contributed by atoms with Gasteiger partial charge in [-0.25, -0.2) is 0 Å². The molecule has 0 spiro atoms. The highest BCUT2D eigenvalue weighted by molar-refractivity contribution is 6.55. The van der Waals surface area contributed by atoms with E-state index in [0.29, 0.717) is 11.4 Å². The largest absolute Gasteiger partial charge is 0.430 e. The summed E-state index contributed by atoms with van der Waals surface area (Å²) in [6.45, 7) is 17.3. The number of rotatable bonds is 8. The van der Waals surface area contributed by atoms with Crippen molar-refractivity contribution in [1.29, 1.82) is 5.26 Å². The molecule has 1 radical (unpaired) electrons. The van der Waals surface area contributed by atoms with Crippen molar-refractivity contribution in [3.8, 4) is 6.07 Å². The van der Waals surface area contributed by atoms with E-state index in [0.717, 1.165) is 31.2 Å². The summed E-state index contributed by atoms with van der Waals surface area (Å²) in [7, 11) is 2.24. The van der Waals surface area contributed by atoms with Crippen molar-refractivity contribution >= 4 is 19.9 Å². The second kappa shape index (κ2) is 10.8. The standard InChI is InChI=1S/C33H45B2N2O2/c1-30(2,32(5,6)38)22-34-25-11-17-28(18-12-25)37(27-15-9-24(21-36)10-16-27)29-19-13-26(14-20-29)35-23-31(3,4)33(7,8)39-35/h9-13,15-17,19-20,26,28,38H,14,18,22-23H2,1-8H3. The van der Waals surface area contributed by atoms with Crippen LogP contribution >= 0.6 is 0 Å². The van der Waals surface area contributed by atoms with Crippen LogP contribution in [0.15, 0.2) is 71.9 Å². The molecule has 0 saturated carbocycles. The number of nitrogens with zero attached hydrogens (tertiary/aromatic N) is 2. The SMILES string of the molecule is CC(C)(O)C(C)(C)C[B]C1=CCC(N(C2=CCC(B3CC(C)(C)C(C)(C)O3)C=C2)c2ccc(C#N)cc2)C=C1. The van der Waals surface area contributed by atoms with Crippen molar-refractivity contribution < 1.29 is 9.76 Å². The van der Waals surface area contributed by atoms with E-state index >= 15 is 0 Å². The number of hydrogen-bond acceptors (Lipinski definition) is 4. The maximum atomic E-state index is 10.5. The zero-order valence-electron chi connectivity index (χ0n) is 25.2. The van der Waals surface area contributed by atoms with Gasteiger partial charge in [0.05, 0.1) is 28.9 Å². The average Bonchev–Trinajstić information content (AvgIpc) is 3.10. The van der Waals surface area contributed by atoms with Crippen LogP contribution in [0.5, 0.6) is 0 Å². The Morgan fingerprint density at radius 1 is 1.05 bits per heavy atom. The van der Waals surface area contributed by atoms with Gasteiger partial charge in [-0.1, -0.05) is 69.9 Å². The lowest BCUT2D eigenvalue weighted by Crippen LogP contribution is -2.39. The van der Waals surface area contributed by atoms with Crippen LogP contribution in [0.4, 0.5) is 5.69 Å². The van der Waals surface area contributed by atoms with Gasteiger partial charge in [-0.2, -0.15) is 5.26 Å². The minimum Gasteiger partial charge on any atom is -0.430 e. The molecule has 205 valence electrons. The lowest BCUT2D eigenvalue weighted by molar-refractivity contribution is -0.0236. The van der Waals surface area contributed by atoms with Gasteiger partial charge in [-0.15, -0.1) is 0 Å². The van der Waals surface area contributed by atoms with E-state index < -0.39 is 5.60 Å². The minimum absolute atomic E-state index is 0.125. The van der Waals surface area contributed by atoms with Crippen LogP contribution in [-0.2, 0) is 4.65 Å². The van der Waals surface area contributed by atoms with Gasteiger partial charge in [0.2, 0.25) is 0 Å². The second-order valence-electron chi connectivity index (χ2n) is 13.9. The Balaban J connectivity index is 1.50. The number of benzene rings is 1. The van der Waals surface area contributed by atoms with Gasteiger partial charge in [0.25, 0.3) is 0 Å². The second-order valence-corrected chi connectivity index (χ2v) is 13.9. The van der Waals surface area contributed by atoms with Crippen molar-refractivity contribution in [2.45, 2.75) is 104 Å². The predicted molar refractivity (Wildman–Crippen MR) is 165 cm³/mol. The zero-order chi connectivity index (χ0) is 28.6. The first-order chi connectivity index (χ1) is 18.1. The first-order valence-electron chi connectivity index (χ1n) is 14.4. The molecular formula is C33H45B2N2O2. The van der Waals surface area contributed by atoms with Gasteiger partial charge in [-0.05, 0) is 93.8 Å². The third-order valence-corrected chi connectivity index (χ3v) is 9.87. The fraction of sp³-hybridized carbons (Fsp3) is 0.545. The molecule has 2 aliphatic carbocycles. The average molecular weight is 523 g/mol. The molecule has 4 rings (SSSR count). The van der Waals surface area contributed by atoms with Gasteiger partial charge in [0, 0.05) is 11.4 Å². The van der Waals surface area contributed by atoms with Crippen LogP contribution in [-0.4, -0.2) is 36.5 Å². The lowest BCUT2D eigenvalue weighted by atomic mass is 9.49. The normalized spacial score (nSPS) is 24.2. The van der Waals surface area contributed by atoms with E-state index in [-0.39, 0.29) is 29.4 Å². The maximum Gasteiger partial charge on any atom is 0.301 e. The molecule has 1 aromatic carbocycles. The molecule has 1 saturated heterocycles. The number of aliphatic hydroxyl groups is 1. The predicted octanol–water partition coefficient (Wildman–Crippen LogP) is 7.54. The number of allylic oxidation sites excluding steroid dienone is 5. The highest BCUT2D eigenvalue weighted by Crippen LogP contribution is 2.49. The zero-order valence-corrected chi connectivity index (χ0v) is 25.2. The van der Waals surface area contributed by atoms with Crippen LogP contribution in [0.1, 0.15) is 73.8 Å². The third-order valence-electron chi connectivity index (χ3n) is 9.87. The fourth-order valence-electron chi connectivity index (χ4n) is 5.47. The summed E-state index contributed by atoms with van der Waals surface area (Å²) in [6, 6.07) is 10.3. The van der Waals surface area contributed by atoms with Crippen LogP contribution in [0.25, 0.3) is 0 Å². The van der Waals surface area contributed by atoms with Crippen molar-refractivity contribution in [2.24, 2.45) is 10.8 Å². The quantitative estimate of drug-likeness (QED) is 0.358. The maximum absolute atomic E-state index is 10.5. The first kappa shape index (κ1) is 29.5. The van der Waals surface area contributed by atoms with Gasteiger partial charge in [0.15, 0.2) is 7.28 Å². The van der Waals surface area contributed by atoms with Gasteiger partial charge < -0.3 is 14.7 Å². The van der Waals surface area contributed by atoms with Gasteiger partial charge in [0.1, 0.15) is 0 Å². The number of hydrogen-bond donors (Lipinski definition) is 1. The summed E-state index contributed by atoms with van der Waals surface area (Å²) < 4.78 is 6.54. The topological polar surface area (TPSA) is 56.5 Å². The monoisotopic (exact) mass is 523 g/mol. The van der Waals surface area contributed by atoms with E-state index in [1.165, 1.54) is 11.2 Å². The summed E-state index contributed by atoms with van der Waals surface area (Å²) in [4.78, 5) is 2.39.